The Labute approximate surface area is 225 Å². The molecule has 0 aliphatic rings. The first kappa shape index (κ1) is 32.8. The Kier molecular flexibility index (Phi) is 13.9. The largest absolute Gasteiger partial charge is 0.481 e. The van der Waals surface area contributed by atoms with Crippen molar-refractivity contribution >= 4 is 35.6 Å². The summed E-state index contributed by atoms with van der Waals surface area (Å²) < 4.78 is 0. The molecule has 0 aromatic heterocycles. The number of hydrogen-bond acceptors (Lipinski definition) is 8. The lowest BCUT2D eigenvalue weighted by Gasteiger charge is -2.25. The van der Waals surface area contributed by atoms with Crippen LogP contribution in [-0.2, 0) is 30.4 Å². The summed E-state index contributed by atoms with van der Waals surface area (Å²) in [6.45, 7) is 1.42. The lowest BCUT2D eigenvalue weighted by molar-refractivity contribution is -0.143. The summed E-state index contributed by atoms with van der Waals surface area (Å²) in [6, 6.07) is 3.35. The van der Waals surface area contributed by atoms with Crippen LogP contribution in [0.3, 0.4) is 0 Å². The standard InChI is InChI=1S/C24H37N7O8/c1-13(32)19(25)22(37)31-17(12-14-6-3-2-4-7-14)21(36)29-15(8-5-11-28-24(26)27)20(35)30-16(23(38)39)9-10-18(33)34/h2-4,6-7,13,15-17,19,32H,5,8-12,25H2,1H3,(H,29,36)(H,30,35)(H,31,37)(H,33,34)(H,38,39)(H4,26,27,28). The van der Waals surface area contributed by atoms with Crippen molar-refractivity contribution in [2.45, 2.75) is 69.3 Å². The van der Waals surface area contributed by atoms with E-state index in [1.54, 1.807) is 30.3 Å². The minimum atomic E-state index is -1.52. The second-order valence-corrected chi connectivity index (χ2v) is 8.86. The predicted molar refractivity (Wildman–Crippen MR) is 140 cm³/mol. The van der Waals surface area contributed by atoms with Gasteiger partial charge in [-0.05, 0) is 31.7 Å². The number of nitrogens with one attached hydrogen (secondary N) is 3. The van der Waals surface area contributed by atoms with Crippen LogP contribution in [0.25, 0.3) is 0 Å². The monoisotopic (exact) mass is 551 g/mol. The molecule has 15 heteroatoms. The van der Waals surface area contributed by atoms with E-state index in [1.165, 1.54) is 6.92 Å². The normalized spacial score (nSPS) is 14.5. The van der Waals surface area contributed by atoms with Gasteiger partial charge in [0, 0.05) is 19.4 Å². The van der Waals surface area contributed by atoms with Crippen LogP contribution >= 0.6 is 0 Å². The van der Waals surface area contributed by atoms with Crippen molar-refractivity contribution in [2.75, 3.05) is 6.54 Å². The van der Waals surface area contributed by atoms with Crippen molar-refractivity contribution in [3.8, 4) is 0 Å². The van der Waals surface area contributed by atoms with E-state index in [9.17, 15) is 34.2 Å². The Morgan fingerprint density at radius 2 is 1.44 bits per heavy atom. The lowest BCUT2D eigenvalue weighted by Crippen LogP contribution is -2.58. The number of hydrogen-bond donors (Lipinski definition) is 9. The van der Waals surface area contributed by atoms with Gasteiger partial charge in [0.15, 0.2) is 5.96 Å². The van der Waals surface area contributed by atoms with Gasteiger partial charge in [0.1, 0.15) is 24.2 Å². The molecule has 0 saturated heterocycles. The number of carboxylic acid groups (broad SMARTS) is 2. The van der Waals surface area contributed by atoms with Gasteiger partial charge in [0.2, 0.25) is 17.7 Å². The topological polar surface area (TPSA) is 273 Å². The van der Waals surface area contributed by atoms with E-state index >= 15 is 0 Å². The summed E-state index contributed by atoms with van der Waals surface area (Å²) in [5.74, 6) is -5.32. The molecule has 5 atom stereocenters. The Hall–Kier alpha value is -4.24. The molecule has 0 aliphatic carbocycles. The minimum Gasteiger partial charge on any atom is -0.481 e. The maximum absolute atomic E-state index is 13.3. The lowest BCUT2D eigenvalue weighted by atomic mass is 10.0. The third kappa shape index (κ3) is 12.7. The maximum atomic E-state index is 13.3. The molecule has 5 unspecified atom stereocenters. The number of nitrogens with two attached hydrogens (primary N) is 3. The number of aliphatic carboxylic acids is 2. The minimum absolute atomic E-state index is 0.0151. The smallest absolute Gasteiger partial charge is 0.326 e. The first-order chi connectivity index (χ1) is 18.3. The number of benzene rings is 1. The fourth-order valence-electron chi connectivity index (χ4n) is 3.39. The summed E-state index contributed by atoms with van der Waals surface area (Å²) in [5.41, 5.74) is 17.0. The molecular weight excluding hydrogens is 514 g/mol. The van der Waals surface area contributed by atoms with Crippen molar-refractivity contribution < 1.29 is 39.3 Å². The number of aliphatic hydroxyl groups excluding tert-OH is 1. The summed E-state index contributed by atoms with van der Waals surface area (Å²) in [4.78, 5) is 65.1. The molecule has 1 aromatic rings. The molecule has 216 valence electrons. The SMILES string of the molecule is CC(O)C(N)C(=O)NC(Cc1ccccc1)C(=O)NC(CCCN=C(N)N)C(=O)NC(CCC(=O)O)C(=O)O. The Bertz CT molecular complexity index is 1010. The molecule has 0 spiro atoms. The highest BCUT2D eigenvalue weighted by molar-refractivity contribution is 5.94. The molecule has 1 rings (SSSR count). The average Bonchev–Trinajstić information content (AvgIpc) is 2.87. The Morgan fingerprint density at radius 1 is 0.872 bits per heavy atom. The fourth-order valence-corrected chi connectivity index (χ4v) is 3.39. The summed E-state index contributed by atoms with van der Waals surface area (Å²) in [5, 5.41) is 35.2. The molecule has 15 nitrogen and oxygen atoms in total. The number of carbonyl (C=O) groups excluding carboxylic acids is 3. The molecular formula is C24H37N7O8. The average molecular weight is 552 g/mol. The number of amides is 3. The number of carbonyl (C=O) groups is 5. The van der Waals surface area contributed by atoms with E-state index in [4.69, 9.17) is 22.3 Å². The number of nitrogens with zero attached hydrogens (tertiary/aromatic N) is 1. The van der Waals surface area contributed by atoms with Gasteiger partial charge in [0.05, 0.1) is 6.10 Å². The quantitative estimate of drug-likeness (QED) is 0.0549. The molecule has 0 radical (unpaired) electrons. The fraction of sp³-hybridized carbons (Fsp3) is 0.500. The zero-order valence-corrected chi connectivity index (χ0v) is 21.6. The predicted octanol–water partition coefficient (Wildman–Crippen LogP) is -2.61. The highest BCUT2D eigenvalue weighted by Crippen LogP contribution is 2.08. The van der Waals surface area contributed by atoms with Crippen molar-refractivity contribution in [1.29, 1.82) is 0 Å². The third-order valence-corrected chi connectivity index (χ3v) is 5.58. The first-order valence-corrected chi connectivity index (χ1v) is 12.2. The van der Waals surface area contributed by atoms with Gasteiger partial charge >= 0.3 is 11.9 Å². The van der Waals surface area contributed by atoms with Crippen molar-refractivity contribution in [2.24, 2.45) is 22.2 Å². The molecule has 0 saturated carbocycles. The van der Waals surface area contributed by atoms with Crippen LogP contribution in [-0.4, -0.2) is 87.8 Å². The van der Waals surface area contributed by atoms with Crippen molar-refractivity contribution in [3.63, 3.8) is 0 Å². The van der Waals surface area contributed by atoms with Crippen LogP contribution in [0.1, 0.15) is 38.2 Å². The molecule has 0 fully saturated rings. The van der Waals surface area contributed by atoms with Crippen LogP contribution in [0, 0.1) is 0 Å². The van der Waals surface area contributed by atoms with Gasteiger partial charge in [-0.1, -0.05) is 30.3 Å². The number of aliphatic hydroxyl groups is 1. The molecule has 39 heavy (non-hydrogen) atoms. The van der Waals surface area contributed by atoms with E-state index in [0.29, 0.717) is 5.56 Å². The second-order valence-electron chi connectivity index (χ2n) is 8.86. The van der Waals surface area contributed by atoms with Gasteiger partial charge in [-0.3, -0.25) is 24.2 Å². The highest BCUT2D eigenvalue weighted by atomic mass is 16.4. The maximum Gasteiger partial charge on any atom is 0.326 e. The van der Waals surface area contributed by atoms with Crippen LogP contribution in [0.4, 0.5) is 0 Å². The second kappa shape index (κ2) is 16.6. The Morgan fingerprint density at radius 3 is 1.97 bits per heavy atom. The zero-order chi connectivity index (χ0) is 29.5. The van der Waals surface area contributed by atoms with E-state index in [-0.39, 0.29) is 38.2 Å². The summed E-state index contributed by atoms with van der Waals surface area (Å²) in [7, 11) is 0. The van der Waals surface area contributed by atoms with E-state index in [2.05, 4.69) is 20.9 Å². The van der Waals surface area contributed by atoms with Gasteiger partial charge in [-0.25, -0.2) is 4.79 Å². The zero-order valence-electron chi connectivity index (χ0n) is 21.6. The van der Waals surface area contributed by atoms with Gasteiger partial charge in [-0.15, -0.1) is 0 Å². The summed E-state index contributed by atoms with van der Waals surface area (Å²) >= 11 is 0. The van der Waals surface area contributed by atoms with E-state index < -0.39 is 66.4 Å². The van der Waals surface area contributed by atoms with Crippen LogP contribution < -0.4 is 33.2 Å². The van der Waals surface area contributed by atoms with Gasteiger partial charge in [0.25, 0.3) is 0 Å². The number of rotatable bonds is 17. The molecule has 0 heterocycles. The molecule has 0 aliphatic heterocycles. The van der Waals surface area contributed by atoms with Crippen molar-refractivity contribution in [3.05, 3.63) is 35.9 Å². The number of aliphatic imine (C=N–C) groups is 1. The number of guanidine groups is 1. The molecule has 1 aromatic carbocycles. The van der Waals surface area contributed by atoms with E-state index in [0.717, 1.165) is 0 Å². The first-order valence-electron chi connectivity index (χ1n) is 12.2. The van der Waals surface area contributed by atoms with Crippen LogP contribution in [0.2, 0.25) is 0 Å². The van der Waals surface area contributed by atoms with Crippen LogP contribution in [0.15, 0.2) is 35.3 Å². The highest BCUT2D eigenvalue weighted by Gasteiger charge is 2.31. The van der Waals surface area contributed by atoms with E-state index in [1.807, 2.05) is 0 Å². The third-order valence-electron chi connectivity index (χ3n) is 5.58. The van der Waals surface area contributed by atoms with Crippen LogP contribution in [0.5, 0.6) is 0 Å². The molecule has 12 N–H and O–H groups in total. The van der Waals surface area contributed by atoms with Gasteiger partial charge in [-0.2, -0.15) is 0 Å². The number of carboxylic acids is 2. The van der Waals surface area contributed by atoms with Gasteiger partial charge < -0.3 is 48.5 Å². The molecule has 3 amide bonds. The summed E-state index contributed by atoms with van der Waals surface area (Å²) in [6.07, 6.45) is -1.87. The molecule has 0 bridgehead atoms. The van der Waals surface area contributed by atoms with Crippen molar-refractivity contribution in [1.82, 2.24) is 16.0 Å². The Balaban J connectivity index is 3.15.